The Morgan fingerprint density at radius 1 is 0.577 bits per heavy atom. The van der Waals surface area contributed by atoms with Crippen LogP contribution in [0.4, 0.5) is 0 Å². The van der Waals surface area contributed by atoms with E-state index in [9.17, 15) is 9.59 Å². The molecule has 0 aromatic carbocycles. The standard InChI is InChI=1S/C20H32N2O4/c23-19(25-17-11-21(12-17)15-7-3-1-4-8-15)20(24)26-18-13-22(14-18)16-9-5-2-6-10-16/h15-18H,1-14H2. The average Bonchev–Trinajstić information content (AvgIpc) is 2.61. The number of ether oxygens (including phenoxy) is 2. The van der Waals surface area contributed by atoms with Crippen molar-refractivity contribution in [2.45, 2.75) is 88.5 Å². The first kappa shape index (κ1) is 18.2. The van der Waals surface area contributed by atoms with E-state index in [2.05, 4.69) is 9.80 Å². The Kier molecular flexibility index (Phi) is 5.79. The Morgan fingerprint density at radius 3 is 1.27 bits per heavy atom. The zero-order valence-corrected chi connectivity index (χ0v) is 15.7. The van der Waals surface area contributed by atoms with E-state index in [1.165, 1.54) is 64.2 Å². The first-order valence-electron chi connectivity index (χ1n) is 10.6. The van der Waals surface area contributed by atoms with Gasteiger partial charge in [-0.25, -0.2) is 9.59 Å². The fourth-order valence-electron chi connectivity index (χ4n) is 4.98. The molecule has 0 unspecified atom stereocenters. The van der Waals surface area contributed by atoms with Gasteiger partial charge in [0.15, 0.2) is 0 Å². The van der Waals surface area contributed by atoms with Gasteiger partial charge in [0.1, 0.15) is 12.2 Å². The van der Waals surface area contributed by atoms with Gasteiger partial charge in [-0.3, -0.25) is 9.80 Å². The molecule has 6 nitrogen and oxygen atoms in total. The molecule has 2 saturated carbocycles. The normalized spacial score (nSPS) is 27.5. The van der Waals surface area contributed by atoms with E-state index in [0.717, 1.165) is 26.2 Å². The smallest absolute Gasteiger partial charge is 0.417 e. The topological polar surface area (TPSA) is 59.1 Å². The van der Waals surface area contributed by atoms with Crippen LogP contribution in [0.15, 0.2) is 0 Å². The predicted molar refractivity (Wildman–Crippen MR) is 96.7 cm³/mol. The largest absolute Gasteiger partial charge is 0.451 e. The second-order valence-electron chi connectivity index (χ2n) is 8.55. The summed E-state index contributed by atoms with van der Waals surface area (Å²) >= 11 is 0. The van der Waals surface area contributed by atoms with Crippen LogP contribution in [0, 0.1) is 0 Å². The molecule has 0 atom stereocenters. The highest BCUT2D eigenvalue weighted by Crippen LogP contribution is 2.28. The molecule has 2 aliphatic carbocycles. The molecule has 0 spiro atoms. The van der Waals surface area contributed by atoms with Crippen molar-refractivity contribution in [3.63, 3.8) is 0 Å². The van der Waals surface area contributed by atoms with Crippen LogP contribution >= 0.6 is 0 Å². The summed E-state index contributed by atoms with van der Waals surface area (Å²) in [6.07, 6.45) is 12.6. The second-order valence-corrected chi connectivity index (χ2v) is 8.55. The molecule has 2 saturated heterocycles. The van der Waals surface area contributed by atoms with Crippen LogP contribution in [0.1, 0.15) is 64.2 Å². The summed E-state index contributed by atoms with van der Waals surface area (Å²) in [4.78, 5) is 28.7. The van der Waals surface area contributed by atoms with E-state index in [-0.39, 0.29) is 12.2 Å². The van der Waals surface area contributed by atoms with Gasteiger partial charge in [0, 0.05) is 38.3 Å². The zero-order chi connectivity index (χ0) is 17.9. The average molecular weight is 364 g/mol. The molecule has 4 aliphatic rings. The molecule has 26 heavy (non-hydrogen) atoms. The molecule has 4 fully saturated rings. The summed E-state index contributed by atoms with van der Waals surface area (Å²) < 4.78 is 10.6. The number of rotatable bonds is 4. The lowest BCUT2D eigenvalue weighted by molar-refractivity contribution is -0.185. The lowest BCUT2D eigenvalue weighted by atomic mass is 9.92. The molecule has 2 heterocycles. The SMILES string of the molecule is O=C(OC1CN(C2CCCCC2)C1)C(=O)OC1CN(C2CCCCC2)C1. The Labute approximate surface area is 156 Å². The quantitative estimate of drug-likeness (QED) is 0.562. The van der Waals surface area contributed by atoms with E-state index in [4.69, 9.17) is 9.47 Å². The Balaban J connectivity index is 1.11. The Morgan fingerprint density at radius 2 is 0.923 bits per heavy atom. The highest BCUT2D eigenvalue weighted by atomic mass is 16.6. The maximum absolute atomic E-state index is 12.0. The monoisotopic (exact) mass is 364 g/mol. The van der Waals surface area contributed by atoms with Gasteiger partial charge in [-0.2, -0.15) is 0 Å². The van der Waals surface area contributed by atoms with Gasteiger partial charge in [0.25, 0.3) is 0 Å². The molecule has 2 aliphatic heterocycles. The molecule has 0 N–H and O–H groups in total. The fourth-order valence-corrected chi connectivity index (χ4v) is 4.98. The minimum absolute atomic E-state index is 0.142. The summed E-state index contributed by atoms with van der Waals surface area (Å²) in [7, 11) is 0. The van der Waals surface area contributed by atoms with Crippen LogP contribution in [-0.4, -0.2) is 72.2 Å². The Hall–Kier alpha value is -1.14. The van der Waals surface area contributed by atoms with Crippen molar-refractivity contribution in [3.8, 4) is 0 Å². The minimum Gasteiger partial charge on any atom is -0.451 e. The van der Waals surface area contributed by atoms with E-state index < -0.39 is 11.9 Å². The van der Waals surface area contributed by atoms with Crippen LogP contribution in [0.25, 0.3) is 0 Å². The lowest BCUT2D eigenvalue weighted by Gasteiger charge is -2.45. The summed E-state index contributed by atoms with van der Waals surface area (Å²) in [5.74, 6) is -1.62. The van der Waals surface area contributed by atoms with Crippen LogP contribution in [-0.2, 0) is 19.1 Å². The second kappa shape index (κ2) is 8.26. The van der Waals surface area contributed by atoms with Gasteiger partial charge in [-0.1, -0.05) is 38.5 Å². The van der Waals surface area contributed by atoms with Crippen molar-refractivity contribution in [2.75, 3.05) is 26.2 Å². The molecule has 0 aromatic heterocycles. The number of esters is 2. The van der Waals surface area contributed by atoms with E-state index >= 15 is 0 Å². The maximum Gasteiger partial charge on any atom is 0.417 e. The number of carbonyl (C=O) groups excluding carboxylic acids is 2. The van der Waals surface area contributed by atoms with Gasteiger partial charge in [0.2, 0.25) is 0 Å². The first-order chi connectivity index (χ1) is 12.7. The van der Waals surface area contributed by atoms with Gasteiger partial charge >= 0.3 is 11.9 Å². The third-order valence-electron chi connectivity index (χ3n) is 6.65. The van der Waals surface area contributed by atoms with Gasteiger partial charge in [0.05, 0.1) is 0 Å². The molecule has 0 amide bonds. The summed E-state index contributed by atoms with van der Waals surface area (Å²) in [5, 5.41) is 0. The molecule has 146 valence electrons. The zero-order valence-electron chi connectivity index (χ0n) is 15.7. The molecule has 0 aromatic rings. The fraction of sp³-hybridized carbons (Fsp3) is 0.900. The third-order valence-corrected chi connectivity index (χ3v) is 6.65. The van der Waals surface area contributed by atoms with E-state index in [1.807, 2.05) is 0 Å². The van der Waals surface area contributed by atoms with Crippen molar-refractivity contribution in [1.82, 2.24) is 9.80 Å². The van der Waals surface area contributed by atoms with Crippen molar-refractivity contribution in [3.05, 3.63) is 0 Å². The number of nitrogens with zero attached hydrogens (tertiary/aromatic N) is 2. The van der Waals surface area contributed by atoms with E-state index in [0.29, 0.717) is 12.1 Å². The van der Waals surface area contributed by atoms with Crippen LogP contribution < -0.4 is 0 Å². The van der Waals surface area contributed by atoms with Crippen molar-refractivity contribution in [1.29, 1.82) is 0 Å². The maximum atomic E-state index is 12.0. The molecule has 0 radical (unpaired) electrons. The summed E-state index contributed by atoms with van der Waals surface area (Å²) in [6, 6.07) is 1.29. The summed E-state index contributed by atoms with van der Waals surface area (Å²) in [6.45, 7) is 3.07. The number of carbonyl (C=O) groups is 2. The molecule has 6 heteroatoms. The number of likely N-dealkylation sites (tertiary alicyclic amines) is 2. The molecular formula is C20H32N2O4. The van der Waals surface area contributed by atoms with Crippen LogP contribution in [0.5, 0.6) is 0 Å². The molecular weight excluding hydrogens is 332 g/mol. The van der Waals surface area contributed by atoms with Gasteiger partial charge < -0.3 is 9.47 Å². The molecule has 0 bridgehead atoms. The molecule has 4 rings (SSSR count). The van der Waals surface area contributed by atoms with Crippen LogP contribution in [0.3, 0.4) is 0 Å². The summed E-state index contributed by atoms with van der Waals surface area (Å²) in [5.41, 5.74) is 0. The van der Waals surface area contributed by atoms with Crippen LogP contribution in [0.2, 0.25) is 0 Å². The van der Waals surface area contributed by atoms with Crippen molar-refractivity contribution < 1.29 is 19.1 Å². The third kappa shape index (κ3) is 4.22. The van der Waals surface area contributed by atoms with Crippen molar-refractivity contribution >= 4 is 11.9 Å². The van der Waals surface area contributed by atoms with Gasteiger partial charge in [-0.05, 0) is 25.7 Å². The highest BCUT2D eigenvalue weighted by Gasteiger charge is 2.39. The predicted octanol–water partition coefficient (Wildman–Crippen LogP) is 2.11. The lowest BCUT2D eigenvalue weighted by Crippen LogP contribution is -2.59. The van der Waals surface area contributed by atoms with E-state index in [1.54, 1.807) is 0 Å². The Bertz CT molecular complexity index is 456. The van der Waals surface area contributed by atoms with Gasteiger partial charge in [-0.15, -0.1) is 0 Å². The number of hydrogen-bond acceptors (Lipinski definition) is 6. The number of hydrogen-bond donors (Lipinski definition) is 0. The first-order valence-corrected chi connectivity index (χ1v) is 10.6. The van der Waals surface area contributed by atoms with Crippen molar-refractivity contribution in [2.24, 2.45) is 0 Å². The minimum atomic E-state index is -0.811. The highest BCUT2D eigenvalue weighted by molar-refractivity contribution is 6.29.